The van der Waals surface area contributed by atoms with Crippen LogP contribution in [0.25, 0.3) is 0 Å². The van der Waals surface area contributed by atoms with Gasteiger partial charge in [-0.2, -0.15) is 0 Å². The lowest BCUT2D eigenvalue weighted by atomic mass is 9.92. The van der Waals surface area contributed by atoms with Crippen LogP contribution in [0.5, 0.6) is 0 Å². The third kappa shape index (κ3) is 2.94. The summed E-state index contributed by atoms with van der Waals surface area (Å²) in [6.07, 6.45) is 1.45. The smallest absolute Gasteiger partial charge is 0.0768 e. The van der Waals surface area contributed by atoms with Crippen molar-refractivity contribution in [3.05, 3.63) is 0 Å². The van der Waals surface area contributed by atoms with Gasteiger partial charge in [0.1, 0.15) is 0 Å². The third-order valence-electron chi connectivity index (χ3n) is 3.35. The molecule has 0 spiro atoms. The van der Waals surface area contributed by atoms with E-state index in [4.69, 9.17) is 4.74 Å². The van der Waals surface area contributed by atoms with E-state index >= 15 is 0 Å². The molecule has 1 aliphatic heterocycles. The Labute approximate surface area is 87.1 Å². The molecule has 84 valence electrons. The van der Waals surface area contributed by atoms with Crippen LogP contribution in [0.15, 0.2) is 0 Å². The van der Waals surface area contributed by atoms with Gasteiger partial charge in [0.25, 0.3) is 0 Å². The molecule has 1 fully saturated rings. The van der Waals surface area contributed by atoms with Crippen molar-refractivity contribution in [3.63, 3.8) is 0 Å². The second-order valence-electron chi connectivity index (χ2n) is 4.89. The van der Waals surface area contributed by atoms with E-state index in [9.17, 15) is 5.11 Å². The first-order valence-electron chi connectivity index (χ1n) is 5.43. The Hall–Kier alpha value is -0.120. The molecule has 0 radical (unpaired) electrons. The van der Waals surface area contributed by atoms with Gasteiger partial charge >= 0.3 is 0 Å². The fourth-order valence-electron chi connectivity index (χ4n) is 1.77. The van der Waals surface area contributed by atoms with Gasteiger partial charge in [0.2, 0.25) is 0 Å². The first-order valence-corrected chi connectivity index (χ1v) is 5.43. The van der Waals surface area contributed by atoms with E-state index in [1.807, 2.05) is 6.92 Å². The van der Waals surface area contributed by atoms with Gasteiger partial charge in [-0.25, -0.2) is 0 Å². The van der Waals surface area contributed by atoms with Crippen LogP contribution >= 0.6 is 0 Å². The Bertz CT molecular complexity index is 180. The van der Waals surface area contributed by atoms with Crippen molar-refractivity contribution in [1.29, 1.82) is 0 Å². The van der Waals surface area contributed by atoms with Crippen molar-refractivity contribution in [2.24, 2.45) is 5.92 Å². The topological polar surface area (TPSA) is 32.7 Å². The molecule has 3 nitrogen and oxygen atoms in total. The van der Waals surface area contributed by atoms with Gasteiger partial charge in [-0.1, -0.05) is 13.8 Å². The van der Waals surface area contributed by atoms with E-state index in [0.29, 0.717) is 12.0 Å². The predicted octanol–water partition coefficient (Wildman–Crippen LogP) is 1.11. The molecule has 0 saturated carbocycles. The van der Waals surface area contributed by atoms with E-state index in [1.165, 1.54) is 0 Å². The highest BCUT2D eigenvalue weighted by molar-refractivity contribution is 4.85. The number of nitrogens with zero attached hydrogens (tertiary/aromatic N) is 1. The van der Waals surface area contributed by atoms with Gasteiger partial charge in [-0.15, -0.1) is 0 Å². The van der Waals surface area contributed by atoms with E-state index in [0.717, 1.165) is 26.1 Å². The summed E-state index contributed by atoms with van der Waals surface area (Å²) in [5.41, 5.74) is -0.581. The number of β-amino-alcohol motifs (C(OH)–C–C–N with tert-alkyl or cyclic N) is 1. The van der Waals surface area contributed by atoms with Crippen LogP contribution in [0.3, 0.4) is 0 Å². The summed E-state index contributed by atoms with van der Waals surface area (Å²) in [7, 11) is 1.76. The maximum absolute atomic E-state index is 10.1. The highest BCUT2D eigenvalue weighted by Gasteiger charge is 2.31. The predicted molar refractivity (Wildman–Crippen MR) is 57.3 cm³/mol. The molecular formula is C11H23NO2. The number of rotatable bonds is 4. The van der Waals surface area contributed by atoms with Crippen LogP contribution < -0.4 is 0 Å². The van der Waals surface area contributed by atoms with E-state index in [-0.39, 0.29) is 0 Å². The molecule has 1 heterocycles. The summed E-state index contributed by atoms with van der Waals surface area (Å²) in [6, 6.07) is 0. The molecule has 2 unspecified atom stereocenters. The third-order valence-corrected chi connectivity index (χ3v) is 3.35. The maximum Gasteiger partial charge on any atom is 0.0768 e. The van der Waals surface area contributed by atoms with Crippen molar-refractivity contribution in [2.45, 2.75) is 38.9 Å². The van der Waals surface area contributed by atoms with Gasteiger partial charge in [0.05, 0.1) is 11.7 Å². The van der Waals surface area contributed by atoms with Crippen LogP contribution in [-0.2, 0) is 4.74 Å². The quantitative estimate of drug-likeness (QED) is 0.739. The highest BCUT2D eigenvalue weighted by Crippen LogP contribution is 2.21. The minimum absolute atomic E-state index is 0.295. The Morgan fingerprint density at radius 2 is 2.21 bits per heavy atom. The van der Waals surface area contributed by atoms with E-state index < -0.39 is 5.60 Å². The average molecular weight is 201 g/mol. The van der Waals surface area contributed by atoms with E-state index in [1.54, 1.807) is 7.11 Å². The minimum atomic E-state index is -0.581. The Morgan fingerprint density at radius 1 is 1.57 bits per heavy atom. The number of methoxy groups -OCH3 is 1. The number of hydrogen-bond donors (Lipinski definition) is 1. The number of hydrogen-bond acceptors (Lipinski definition) is 3. The number of ether oxygens (including phenoxy) is 1. The maximum atomic E-state index is 10.1. The Kier molecular flexibility index (Phi) is 3.93. The lowest BCUT2D eigenvalue weighted by Gasteiger charge is -2.32. The zero-order chi connectivity index (χ0) is 10.8. The van der Waals surface area contributed by atoms with Gasteiger partial charge in [-0.3, -0.25) is 4.90 Å². The number of likely N-dealkylation sites (tertiary alicyclic amines) is 1. The van der Waals surface area contributed by atoms with Crippen LogP contribution in [0.2, 0.25) is 0 Å². The normalized spacial score (nSPS) is 28.3. The molecule has 0 amide bonds. The Balaban J connectivity index is 2.39. The molecule has 1 aliphatic rings. The van der Waals surface area contributed by atoms with Crippen LogP contribution in [-0.4, -0.2) is 48.5 Å². The molecule has 0 aromatic heterocycles. The second kappa shape index (κ2) is 4.60. The average Bonchev–Trinajstić information content (AvgIpc) is 2.51. The van der Waals surface area contributed by atoms with Gasteiger partial charge in [0, 0.05) is 26.7 Å². The van der Waals surface area contributed by atoms with Gasteiger partial charge in [0.15, 0.2) is 0 Å². The lowest BCUT2D eigenvalue weighted by molar-refractivity contribution is -0.0168. The highest BCUT2D eigenvalue weighted by atomic mass is 16.5. The number of aliphatic hydroxyl groups is 1. The molecule has 1 saturated heterocycles. The summed E-state index contributed by atoms with van der Waals surface area (Å²) in [5, 5.41) is 10.1. The van der Waals surface area contributed by atoms with Crippen LogP contribution in [0.4, 0.5) is 0 Å². The van der Waals surface area contributed by atoms with Crippen molar-refractivity contribution in [3.8, 4) is 0 Å². The molecule has 3 heteroatoms. The van der Waals surface area contributed by atoms with Crippen LogP contribution in [0, 0.1) is 5.92 Å². The molecule has 2 atom stereocenters. The minimum Gasteiger partial charge on any atom is -0.389 e. The van der Waals surface area contributed by atoms with Crippen molar-refractivity contribution in [1.82, 2.24) is 4.90 Å². The molecular weight excluding hydrogens is 178 g/mol. The fraction of sp³-hybridized carbons (Fsp3) is 1.00. The summed E-state index contributed by atoms with van der Waals surface area (Å²) >= 11 is 0. The zero-order valence-electron chi connectivity index (χ0n) is 9.79. The molecule has 0 aliphatic carbocycles. The lowest BCUT2D eigenvalue weighted by Crippen LogP contribution is -2.44. The molecule has 1 rings (SSSR count). The van der Waals surface area contributed by atoms with Crippen molar-refractivity contribution >= 4 is 0 Å². The SMILES string of the molecule is COC1CCN(CC(C)(O)C(C)C)C1. The summed E-state index contributed by atoms with van der Waals surface area (Å²) in [5.74, 6) is 0.295. The van der Waals surface area contributed by atoms with E-state index in [2.05, 4.69) is 18.7 Å². The summed E-state index contributed by atoms with van der Waals surface area (Å²) in [6.45, 7) is 8.79. The largest absolute Gasteiger partial charge is 0.389 e. The second-order valence-corrected chi connectivity index (χ2v) is 4.89. The first kappa shape index (κ1) is 12.0. The first-order chi connectivity index (χ1) is 6.45. The van der Waals surface area contributed by atoms with Crippen molar-refractivity contribution < 1.29 is 9.84 Å². The van der Waals surface area contributed by atoms with Crippen LogP contribution in [0.1, 0.15) is 27.2 Å². The standard InChI is InChI=1S/C11H23NO2/c1-9(2)11(3,13)8-12-6-5-10(7-12)14-4/h9-10,13H,5-8H2,1-4H3. The molecule has 0 bridgehead atoms. The van der Waals surface area contributed by atoms with Crippen molar-refractivity contribution in [2.75, 3.05) is 26.7 Å². The molecule has 14 heavy (non-hydrogen) atoms. The summed E-state index contributed by atoms with van der Waals surface area (Å²) in [4.78, 5) is 2.29. The molecule has 0 aromatic rings. The van der Waals surface area contributed by atoms with Gasteiger partial charge < -0.3 is 9.84 Å². The zero-order valence-corrected chi connectivity index (χ0v) is 9.79. The molecule has 0 aromatic carbocycles. The summed E-state index contributed by atoms with van der Waals surface area (Å²) < 4.78 is 5.29. The monoisotopic (exact) mass is 201 g/mol. The molecule has 1 N–H and O–H groups in total. The van der Waals surface area contributed by atoms with Gasteiger partial charge in [-0.05, 0) is 19.3 Å². The fourth-order valence-corrected chi connectivity index (χ4v) is 1.77. The Morgan fingerprint density at radius 3 is 2.64 bits per heavy atom.